The van der Waals surface area contributed by atoms with Crippen LogP contribution in [0.1, 0.15) is 38.7 Å². The number of benzene rings is 1. The first-order valence-corrected chi connectivity index (χ1v) is 12.5. The normalized spacial score (nSPS) is 37.0. The molecule has 2 amide bonds. The summed E-state index contributed by atoms with van der Waals surface area (Å²) in [6.45, 7) is 3.56. The quantitative estimate of drug-likeness (QED) is 0.400. The zero-order valence-corrected chi connectivity index (χ0v) is 22.0. The van der Waals surface area contributed by atoms with Crippen molar-refractivity contribution in [2.24, 2.45) is 0 Å². The van der Waals surface area contributed by atoms with E-state index in [9.17, 15) is 24.9 Å². The van der Waals surface area contributed by atoms with Gasteiger partial charge in [-0.15, -0.1) is 0 Å². The van der Waals surface area contributed by atoms with Crippen molar-refractivity contribution in [1.82, 2.24) is 5.32 Å². The van der Waals surface area contributed by atoms with Crippen LogP contribution in [0.15, 0.2) is 35.9 Å². The van der Waals surface area contributed by atoms with Crippen molar-refractivity contribution in [2.45, 2.75) is 75.3 Å². The molecule has 4 rings (SSSR count). The number of methoxy groups -OCH3 is 1. The highest BCUT2D eigenvalue weighted by Crippen LogP contribution is 2.45. The van der Waals surface area contributed by atoms with Gasteiger partial charge in [0.2, 0.25) is 5.91 Å². The monoisotopic (exact) mass is 536 g/mol. The molecule has 2 saturated heterocycles. The van der Waals surface area contributed by atoms with Crippen molar-refractivity contribution in [1.29, 1.82) is 0 Å². The second-order valence-corrected chi connectivity index (χ2v) is 10.5. The van der Waals surface area contributed by atoms with Gasteiger partial charge in [0.15, 0.2) is 5.72 Å². The molecule has 3 aliphatic rings. The van der Waals surface area contributed by atoms with Gasteiger partial charge < -0.3 is 34.4 Å². The van der Waals surface area contributed by atoms with Gasteiger partial charge in [0.1, 0.15) is 28.6 Å². The Morgan fingerprint density at radius 3 is 2.70 bits per heavy atom. The van der Waals surface area contributed by atoms with Crippen LogP contribution in [-0.4, -0.2) is 77.2 Å². The van der Waals surface area contributed by atoms with Gasteiger partial charge in [-0.2, -0.15) is 0 Å². The van der Waals surface area contributed by atoms with Crippen molar-refractivity contribution < 1.29 is 39.1 Å². The van der Waals surface area contributed by atoms with Crippen molar-refractivity contribution >= 4 is 29.3 Å². The molecule has 2 fully saturated rings. The number of fused-ring (bicyclic) bond motifs is 5. The predicted molar refractivity (Wildman–Crippen MR) is 136 cm³/mol. The number of aliphatic hydroxyl groups is 3. The van der Waals surface area contributed by atoms with Crippen LogP contribution in [0.25, 0.3) is 0 Å². The minimum Gasteiger partial charge on any atom is -0.495 e. The summed E-state index contributed by atoms with van der Waals surface area (Å²) in [7, 11) is 3.07. The molecule has 0 aromatic heterocycles. The highest BCUT2D eigenvalue weighted by molar-refractivity contribution is 6.35. The van der Waals surface area contributed by atoms with Gasteiger partial charge in [-0.3, -0.25) is 10.1 Å². The third kappa shape index (κ3) is 5.63. The fraction of sp³-hybridized carbons (Fsp3) is 0.538. The predicted octanol–water partition coefficient (Wildman–Crippen LogP) is 2.22. The molecule has 6 atom stereocenters. The fourth-order valence-electron chi connectivity index (χ4n) is 4.85. The number of ether oxygens (including phenoxy) is 3. The maximum Gasteiger partial charge on any atom is 0.409 e. The summed E-state index contributed by atoms with van der Waals surface area (Å²) in [4.78, 5) is 26.7. The second-order valence-electron chi connectivity index (χ2n) is 10.1. The lowest BCUT2D eigenvalue weighted by Gasteiger charge is -2.39. The number of carbonyl (C=O) groups excluding carboxylic acids is 2. The summed E-state index contributed by atoms with van der Waals surface area (Å²) >= 11 is 6.53. The van der Waals surface area contributed by atoms with E-state index in [4.69, 9.17) is 25.8 Å². The van der Waals surface area contributed by atoms with Crippen LogP contribution in [0.5, 0.6) is 5.75 Å². The molecule has 3 aliphatic heterocycles. The van der Waals surface area contributed by atoms with Gasteiger partial charge >= 0.3 is 6.09 Å². The Balaban J connectivity index is 1.70. The molecule has 0 saturated carbocycles. The summed E-state index contributed by atoms with van der Waals surface area (Å²) in [5.74, 6) is 0.0322. The number of hydrogen-bond donors (Lipinski definition) is 4. The molecule has 0 radical (unpaired) electrons. The number of anilines is 1. The van der Waals surface area contributed by atoms with Gasteiger partial charge in [0, 0.05) is 19.9 Å². The first-order chi connectivity index (χ1) is 17.4. The molecule has 4 bridgehead atoms. The molecule has 202 valence electrons. The number of aliphatic hydroxyl groups excluding tert-OH is 2. The van der Waals surface area contributed by atoms with Gasteiger partial charge in [0.25, 0.3) is 0 Å². The molecule has 10 nitrogen and oxygen atoms in total. The second kappa shape index (κ2) is 10.3. The molecule has 0 spiro atoms. The number of carbonyl (C=O) groups is 2. The van der Waals surface area contributed by atoms with E-state index in [1.54, 1.807) is 38.3 Å². The number of hydrogen-bond acceptors (Lipinski definition) is 8. The van der Waals surface area contributed by atoms with E-state index < -0.39 is 41.8 Å². The Hall–Kier alpha value is -2.63. The molecule has 1 aromatic rings. The first kappa shape index (κ1) is 27.4. The van der Waals surface area contributed by atoms with E-state index in [2.05, 4.69) is 5.32 Å². The number of nitrogens with one attached hydrogen (secondary N) is 1. The standard InChI is InChI=1S/C26H33ClN2O8/c1-14-6-5-7-19(30)26(34)13-16(36-24(33)28-26)11-21-25(2,37-21)20(31)12-22(32)29(3)17-9-15(8-14)10-18(35-4)23(17)27/h5-7,9-10,16,19-21,30-31,34H,8,11-13H2,1-4H3,(H,28,33)/b7-5+,14-6+/t16?,19?,20?,21?,25?,26-/m0/s1. The van der Waals surface area contributed by atoms with Crippen molar-refractivity contribution in [3.8, 4) is 5.75 Å². The van der Waals surface area contributed by atoms with Crippen molar-refractivity contribution in [3.05, 3.63) is 46.5 Å². The largest absolute Gasteiger partial charge is 0.495 e. The lowest BCUT2D eigenvalue weighted by atomic mass is 9.90. The number of rotatable bonds is 1. The Labute approximate surface area is 220 Å². The zero-order chi connectivity index (χ0) is 27.1. The molecular formula is C26H33ClN2O8. The number of nitrogens with zero attached hydrogens (tertiary/aromatic N) is 1. The van der Waals surface area contributed by atoms with E-state index in [0.29, 0.717) is 17.9 Å². The summed E-state index contributed by atoms with van der Waals surface area (Å²) in [5.41, 5.74) is -0.808. The van der Waals surface area contributed by atoms with Crippen molar-refractivity contribution in [3.63, 3.8) is 0 Å². The van der Waals surface area contributed by atoms with Crippen LogP contribution in [0, 0.1) is 0 Å². The fourth-order valence-corrected chi connectivity index (χ4v) is 5.16. The highest BCUT2D eigenvalue weighted by Gasteiger charge is 2.59. The molecule has 37 heavy (non-hydrogen) atoms. The van der Waals surface area contributed by atoms with E-state index in [1.165, 1.54) is 18.1 Å². The lowest BCUT2D eigenvalue weighted by molar-refractivity contribution is -0.125. The van der Waals surface area contributed by atoms with Crippen LogP contribution in [0.3, 0.4) is 0 Å². The molecule has 11 heteroatoms. The SMILES string of the molecule is COc1cc2cc(c1Cl)N(C)C(=O)CC(O)C1(C)OC1CC1C[C@@](O)(NC(=O)O1)C(O)/C=C/C=C(\C)C2. The van der Waals surface area contributed by atoms with Gasteiger partial charge in [-0.05, 0) is 38.0 Å². The minimum absolute atomic E-state index is 0.0925. The summed E-state index contributed by atoms with van der Waals surface area (Å²) < 4.78 is 16.5. The van der Waals surface area contributed by atoms with E-state index in [1.807, 2.05) is 6.92 Å². The van der Waals surface area contributed by atoms with E-state index >= 15 is 0 Å². The average Bonchev–Trinajstić information content (AvgIpc) is 3.48. The number of amides is 2. The molecule has 1 aromatic carbocycles. The molecule has 4 N–H and O–H groups in total. The molecule has 5 unspecified atom stereocenters. The van der Waals surface area contributed by atoms with Gasteiger partial charge in [-0.1, -0.05) is 35.4 Å². The first-order valence-electron chi connectivity index (χ1n) is 12.1. The van der Waals surface area contributed by atoms with Crippen LogP contribution in [-0.2, 0) is 20.7 Å². The highest BCUT2D eigenvalue weighted by atomic mass is 35.5. The molecular weight excluding hydrogens is 504 g/mol. The topological polar surface area (TPSA) is 141 Å². The number of alkyl carbamates (subject to hydrolysis) is 1. The Kier molecular flexibility index (Phi) is 7.60. The van der Waals surface area contributed by atoms with Gasteiger partial charge in [-0.25, -0.2) is 4.79 Å². The van der Waals surface area contributed by atoms with Crippen LogP contribution >= 0.6 is 11.6 Å². The van der Waals surface area contributed by atoms with Crippen LogP contribution < -0.4 is 15.0 Å². The van der Waals surface area contributed by atoms with E-state index in [0.717, 1.165) is 11.1 Å². The van der Waals surface area contributed by atoms with Crippen LogP contribution in [0.2, 0.25) is 5.02 Å². The number of halogens is 1. The lowest BCUT2D eigenvalue weighted by Crippen LogP contribution is -2.62. The average molecular weight is 537 g/mol. The smallest absolute Gasteiger partial charge is 0.409 e. The number of allylic oxidation sites excluding steroid dienone is 3. The Morgan fingerprint density at radius 1 is 1.27 bits per heavy atom. The molecule has 0 aliphatic carbocycles. The van der Waals surface area contributed by atoms with Crippen LogP contribution in [0.4, 0.5) is 10.5 Å². The molecule has 3 heterocycles. The maximum absolute atomic E-state index is 13.1. The Morgan fingerprint density at radius 2 is 2.00 bits per heavy atom. The summed E-state index contributed by atoms with van der Waals surface area (Å²) in [6, 6.07) is 3.57. The summed E-state index contributed by atoms with van der Waals surface area (Å²) in [6.07, 6.45) is 0.389. The van der Waals surface area contributed by atoms with Crippen molar-refractivity contribution in [2.75, 3.05) is 19.1 Å². The van der Waals surface area contributed by atoms with E-state index in [-0.39, 0.29) is 30.2 Å². The summed E-state index contributed by atoms with van der Waals surface area (Å²) in [5, 5.41) is 35.1. The minimum atomic E-state index is -1.94. The van der Waals surface area contributed by atoms with Gasteiger partial charge in [0.05, 0.1) is 31.4 Å². The Bertz CT molecular complexity index is 1140. The zero-order valence-electron chi connectivity index (χ0n) is 21.2. The number of epoxide rings is 1. The maximum atomic E-state index is 13.1. The third-order valence-corrected chi connectivity index (χ3v) is 7.68. The third-order valence-electron chi connectivity index (χ3n) is 7.30.